The normalized spacial score (nSPS) is 14.7. The average Bonchev–Trinajstić information content (AvgIpc) is 3.41. The number of nitriles is 1. The van der Waals surface area contributed by atoms with Gasteiger partial charge in [0.15, 0.2) is 5.16 Å². The number of benzene rings is 1. The molecule has 1 fully saturated rings. The van der Waals surface area contributed by atoms with Crippen LogP contribution in [0, 0.1) is 11.3 Å². The van der Waals surface area contributed by atoms with Crippen molar-refractivity contribution in [3.8, 4) is 11.8 Å². The van der Waals surface area contributed by atoms with E-state index in [9.17, 15) is 5.11 Å². The van der Waals surface area contributed by atoms with Gasteiger partial charge in [-0.3, -0.25) is 0 Å². The van der Waals surface area contributed by atoms with Crippen LogP contribution in [-0.4, -0.2) is 38.3 Å². The van der Waals surface area contributed by atoms with Crippen LogP contribution in [0.2, 0.25) is 0 Å². The van der Waals surface area contributed by atoms with E-state index >= 15 is 0 Å². The Balaban J connectivity index is 1.51. The second-order valence-electron chi connectivity index (χ2n) is 5.93. The van der Waals surface area contributed by atoms with Crippen LogP contribution in [0.5, 0.6) is 5.75 Å². The molecule has 1 saturated carbocycles. The van der Waals surface area contributed by atoms with Gasteiger partial charge in [-0.25, -0.2) is 0 Å². The number of hydrogen-bond acceptors (Lipinski definition) is 6. The highest BCUT2D eigenvalue weighted by Gasteiger charge is 2.30. The molecule has 0 saturated heterocycles. The number of nitrogens with zero attached hydrogens (tertiary/aromatic N) is 4. The Hall–Kier alpha value is -2.30. The van der Waals surface area contributed by atoms with Gasteiger partial charge in [0.05, 0.1) is 17.7 Å². The van der Waals surface area contributed by atoms with Gasteiger partial charge in [-0.05, 0) is 37.1 Å². The van der Waals surface area contributed by atoms with Crippen LogP contribution in [0.4, 0.5) is 0 Å². The SMILES string of the molecule is C=CCn1c(SCC(O)COc2ccc(C#N)cc2)nnc1C1CC1. The summed E-state index contributed by atoms with van der Waals surface area (Å²) >= 11 is 1.47. The largest absolute Gasteiger partial charge is 0.491 e. The first-order chi connectivity index (χ1) is 12.2. The average molecular weight is 356 g/mol. The van der Waals surface area contributed by atoms with Gasteiger partial charge in [0.25, 0.3) is 0 Å². The molecule has 1 N–H and O–H groups in total. The van der Waals surface area contributed by atoms with E-state index in [1.165, 1.54) is 24.6 Å². The van der Waals surface area contributed by atoms with Crippen LogP contribution in [0.25, 0.3) is 0 Å². The van der Waals surface area contributed by atoms with Crippen molar-refractivity contribution in [1.82, 2.24) is 14.8 Å². The standard InChI is InChI=1S/C18H20N4O2S/c1-2-9-22-17(14-5-6-14)20-21-18(22)25-12-15(23)11-24-16-7-3-13(10-19)4-8-16/h2-4,7-8,14-15,23H,1,5-6,9,11-12H2. The molecule has 1 aromatic heterocycles. The molecular formula is C18H20N4O2S. The molecule has 1 unspecified atom stereocenters. The van der Waals surface area contributed by atoms with E-state index in [-0.39, 0.29) is 6.61 Å². The van der Waals surface area contributed by atoms with Crippen LogP contribution in [0.3, 0.4) is 0 Å². The Kier molecular flexibility index (Phi) is 5.74. The minimum atomic E-state index is -0.626. The maximum Gasteiger partial charge on any atom is 0.191 e. The second kappa shape index (κ2) is 8.19. The van der Waals surface area contributed by atoms with Crippen LogP contribution < -0.4 is 4.74 Å². The van der Waals surface area contributed by atoms with E-state index < -0.39 is 6.10 Å². The van der Waals surface area contributed by atoms with E-state index in [1.54, 1.807) is 24.3 Å². The zero-order valence-corrected chi connectivity index (χ0v) is 14.7. The van der Waals surface area contributed by atoms with Crippen molar-refractivity contribution in [1.29, 1.82) is 5.26 Å². The summed E-state index contributed by atoms with van der Waals surface area (Å²) in [4.78, 5) is 0. The number of thioether (sulfide) groups is 1. The third-order valence-corrected chi connectivity index (χ3v) is 4.94. The van der Waals surface area contributed by atoms with E-state index in [0.717, 1.165) is 11.0 Å². The molecule has 7 heteroatoms. The van der Waals surface area contributed by atoms with Crippen molar-refractivity contribution in [3.05, 3.63) is 48.3 Å². The first-order valence-corrected chi connectivity index (χ1v) is 9.17. The fourth-order valence-corrected chi connectivity index (χ4v) is 3.25. The first-order valence-electron chi connectivity index (χ1n) is 8.19. The van der Waals surface area contributed by atoms with E-state index in [0.29, 0.717) is 29.5 Å². The summed E-state index contributed by atoms with van der Waals surface area (Å²) in [6.07, 6.45) is 3.55. The minimum Gasteiger partial charge on any atom is -0.491 e. The highest BCUT2D eigenvalue weighted by Crippen LogP contribution is 2.40. The van der Waals surface area contributed by atoms with Crippen LogP contribution >= 0.6 is 11.8 Å². The number of rotatable bonds is 9. The highest BCUT2D eigenvalue weighted by atomic mass is 32.2. The Morgan fingerprint density at radius 3 is 2.80 bits per heavy atom. The Morgan fingerprint density at radius 2 is 2.16 bits per heavy atom. The second-order valence-corrected chi connectivity index (χ2v) is 6.91. The maximum atomic E-state index is 10.1. The topological polar surface area (TPSA) is 84.0 Å². The first kappa shape index (κ1) is 17.5. The smallest absolute Gasteiger partial charge is 0.191 e. The molecule has 0 amide bonds. The summed E-state index contributed by atoms with van der Waals surface area (Å²) in [5, 5.41) is 28.3. The molecule has 1 atom stereocenters. The summed E-state index contributed by atoms with van der Waals surface area (Å²) in [7, 11) is 0. The Bertz CT molecular complexity index is 762. The van der Waals surface area contributed by atoms with Crippen molar-refractivity contribution in [2.75, 3.05) is 12.4 Å². The zero-order valence-electron chi connectivity index (χ0n) is 13.8. The molecule has 1 heterocycles. The molecule has 25 heavy (non-hydrogen) atoms. The summed E-state index contributed by atoms with van der Waals surface area (Å²) in [6, 6.07) is 8.88. The zero-order chi connectivity index (χ0) is 17.6. The van der Waals surface area contributed by atoms with E-state index in [2.05, 4.69) is 27.4 Å². The summed E-state index contributed by atoms with van der Waals surface area (Å²) in [6.45, 7) is 4.66. The molecule has 0 spiro atoms. The van der Waals surface area contributed by atoms with Crippen LogP contribution in [0.15, 0.2) is 42.1 Å². The third kappa shape index (κ3) is 4.62. The fourth-order valence-electron chi connectivity index (χ4n) is 2.39. The van der Waals surface area contributed by atoms with Gasteiger partial charge in [0, 0.05) is 18.2 Å². The van der Waals surface area contributed by atoms with E-state index in [1.807, 2.05) is 6.08 Å². The molecular weight excluding hydrogens is 336 g/mol. The van der Waals surface area contributed by atoms with Crippen molar-refractivity contribution in [3.63, 3.8) is 0 Å². The van der Waals surface area contributed by atoms with Gasteiger partial charge < -0.3 is 14.4 Å². The molecule has 0 radical (unpaired) electrons. The van der Waals surface area contributed by atoms with Crippen LogP contribution in [-0.2, 0) is 6.54 Å². The van der Waals surface area contributed by atoms with Gasteiger partial charge in [0.2, 0.25) is 0 Å². The number of aliphatic hydroxyl groups excluding tert-OH is 1. The third-order valence-electron chi connectivity index (χ3n) is 3.83. The fraction of sp³-hybridized carbons (Fsp3) is 0.389. The van der Waals surface area contributed by atoms with Crippen molar-refractivity contribution in [2.45, 2.75) is 36.6 Å². The number of aliphatic hydroxyl groups is 1. The highest BCUT2D eigenvalue weighted by molar-refractivity contribution is 7.99. The molecule has 1 aliphatic rings. The minimum absolute atomic E-state index is 0.185. The Labute approximate surface area is 151 Å². The van der Waals surface area contributed by atoms with Gasteiger partial charge >= 0.3 is 0 Å². The summed E-state index contributed by atoms with van der Waals surface area (Å²) < 4.78 is 7.63. The number of hydrogen-bond donors (Lipinski definition) is 1. The monoisotopic (exact) mass is 356 g/mol. The molecule has 6 nitrogen and oxygen atoms in total. The van der Waals surface area contributed by atoms with Crippen LogP contribution in [0.1, 0.15) is 30.1 Å². The predicted octanol–water partition coefficient (Wildman–Crippen LogP) is 2.75. The predicted molar refractivity (Wildman–Crippen MR) is 95.6 cm³/mol. The lowest BCUT2D eigenvalue weighted by atomic mass is 10.2. The lowest BCUT2D eigenvalue weighted by Gasteiger charge is -2.12. The van der Waals surface area contributed by atoms with E-state index in [4.69, 9.17) is 10.00 Å². The van der Waals surface area contributed by atoms with Crippen molar-refractivity contribution >= 4 is 11.8 Å². The molecule has 1 aliphatic carbocycles. The molecule has 2 aromatic rings. The lowest BCUT2D eigenvalue weighted by molar-refractivity contribution is 0.126. The number of aromatic nitrogens is 3. The molecule has 1 aromatic carbocycles. The Morgan fingerprint density at radius 1 is 1.40 bits per heavy atom. The van der Waals surface area contributed by atoms with Crippen molar-refractivity contribution in [2.24, 2.45) is 0 Å². The molecule has 0 aliphatic heterocycles. The maximum absolute atomic E-state index is 10.1. The molecule has 130 valence electrons. The molecule has 0 bridgehead atoms. The summed E-state index contributed by atoms with van der Waals surface area (Å²) in [5.74, 6) is 2.64. The van der Waals surface area contributed by atoms with Gasteiger partial charge in [-0.15, -0.1) is 16.8 Å². The lowest BCUT2D eigenvalue weighted by Crippen LogP contribution is -2.20. The van der Waals surface area contributed by atoms with Crippen molar-refractivity contribution < 1.29 is 9.84 Å². The van der Waals surface area contributed by atoms with Gasteiger partial charge in [0.1, 0.15) is 18.2 Å². The number of ether oxygens (including phenoxy) is 1. The van der Waals surface area contributed by atoms with Gasteiger partial charge in [-0.2, -0.15) is 5.26 Å². The quantitative estimate of drug-likeness (QED) is 0.549. The molecule has 3 rings (SSSR count). The number of allylic oxidation sites excluding steroid dienone is 1. The van der Waals surface area contributed by atoms with Gasteiger partial charge in [-0.1, -0.05) is 17.8 Å². The summed E-state index contributed by atoms with van der Waals surface area (Å²) in [5.41, 5.74) is 0.580.